The van der Waals surface area contributed by atoms with Crippen LogP contribution < -0.4 is 21.1 Å². The first-order valence-corrected chi connectivity index (χ1v) is 7.71. The Morgan fingerprint density at radius 3 is 2.71 bits per heavy atom. The number of halogens is 1. The number of carbonyl (C=O) groups is 1. The number of anilines is 1. The van der Waals surface area contributed by atoms with Crippen LogP contribution in [-0.2, 0) is 6.54 Å². The Hall–Kier alpha value is -2.74. The van der Waals surface area contributed by atoms with Crippen molar-refractivity contribution in [3.05, 3.63) is 57.8 Å². The molecule has 0 atom stereocenters. The Labute approximate surface area is 137 Å². The zero-order chi connectivity index (χ0) is 16.9. The summed E-state index contributed by atoms with van der Waals surface area (Å²) in [5.41, 5.74) is 0.961. The molecule has 0 radical (unpaired) electrons. The fourth-order valence-electron chi connectivity index (χ4n) is 2.57. The van der Waals surface area contributed by atoms with Crippen LogP contribution in [0.15, 0.2) is 35.1 Å². The van der Waals surface area contributed by atoms with Crippen molar-refractivity contribution < 1.29 is 9.18 Å². The molecule has 1 saturated heterocycles. The van der Waals surface area contributed by atoms with E-state index < -0.39 is 5.91 Å². The molecule has 1 aromatic heterocycles. The Morgan fingerprint density at radius 2 is 2.04 bits per heavy atom. The molecular formula is C16H18FN5O2. The maximum Gasteiger partial charge on any atom is 0.271 e. The number of aromatic amines is 1. The Kier molecular flexibility index (Phi) is 4.85. The molecule has 24 heavy (non-hydrogen) atoms. The number of nitrogens with one attached hydrogen (secondary N) is 3. The van der Waals surface area contributed by atoms with Crippen molar-refractivity contribution in [2.45, 2.75) is 6.54 Å². The minimum absolute atomic E-state index is 0.104. The van der Waals surface area contributed by atoms with Crippen molar-refractivity contribution in [1.82, 2.24) is 20.8 Å². The molecule has 1 amide bonds. The van der Waals surface area contributed by atoms with Crippen molar-refractivity contribution in [3.63, 3.8) is 0 Å². The van der Waals surface area contributed by atoms with Gasteiger partial charge in [-0.05, 0) is 23.8 Å². The Balaban J connectivity index is 1.63. The van der Waals surface area contributed by atoms with E-state index in [2.05, 4.69) is 20.8 Å². The number of rotatable bonds is 4. The molecule has 0 aliphatic carbocycles. The van der Waals surface area contributed by atoms with E-state index in [9.17, 15) is 14.0 Å². The summed E-state index contributed by atoms with van der Waals surface area (Å²) in [6.45, 7) is 3.39. The third kappa shape index (κ3) is 3.77. The number of piperazine rings is 1. The topological polar surface area (TPSA) is 90.1 Å². The van der Waals surface area contributed by atoms with Gasteiger partial charge in [-0.2, -0.15) is 5.10 Å². The molecule has 3 N–H and O–H groups in total. The van der Waals surface area contributed by atoms with Crippen molar-refractivity contribution in [2.75, 3.05) is 31.1 Å². The van der Waals surface area contributed by atoms with E-state index in [4.69, 9.17) is 0 Å². The minimum atomic E-state index is -0.433. The quantitative estimate of drug-likeness (QED) is 0.747. The molecule has 0 bridgehead atoms. The van der Waals surface area contributed by atoms with Crippen molar-refractivity contribution in [2.24, 2.45) is 0 Å². The third-order valence-corrected chi connectivity index (χ3v) is 3.83. The standard InChI is InChI=1S/C16H18FN5O2/c17-12-9-11(1-3-14(12)22-7-5-18-6-8-22)10-19-16(24)13-2-4-15(23)21-20-13/h1-4,9,18H,5-8,10H2,(H,19,24)(H,21,23). The van der Waals surface area contributed by atoms with Crippen LogP contribution in [0.5, 0.6) is 0 Å². The van der Waals surface area contributed by atoms with Crippen molar-refractivity contribution in [3.8, 4) is 0 Å². The zero-order valence-corrected chi connectivity index (χ0v) is 13.0. The third-order valence-electron chi connectivity index (χ3n) is 3.83. The molecule has 1 aromatic carbocycles. The van der Waals surface area contributed by atoms with Gasteiger partial charge in [0.15, 0.2) is 0 Å². The molecule has 2 heterocycles. The predicted octanol–water partition coefficient (Wildman–Crippen LogP) is 0.249. The van der Waals surface area contributed by atoms with Crippen LogP contribution in [0.2, 0.25) is 0 Å². The van der Waals surface area contributed by atoms with Gasteiger partial charge in [0.2, 0.25) is 0 Å². The lowest BCUT2D eigenvalue weighted by Gasteiger charge is -2.29. The van der Waals surface area contributed by atoms with E-state index in [1.54, 1.807) is 12.1 Å². The van der Waals surface area contributed by atoms with E-state index in [0.717, 1.165) is 26.2 Å². The van der Waals surface area contributed by atoms with Crippen LogP contribution in [0.3, 0.4) is 0 Å². The summed E-state index contributed by atoms with van der Waals surface area (Å²) in [5, 5.41) is 11.7. The van der Waals surface area contributed by atoms with Crippen LogP contribution >= 0.6 is 0 Å². The molecule has 1 aliphatic rings. The average Bonchev–Trinajstić information content (AvgIpc) is 2.61. The van der Waals surface area contributed by atoms with Gasteiger partial charge in [-0.25, -0.2) is 9.49 Å². The number of hydrogen-bond acceptors (Lipinski definition) is 5. The number of benzene rings is 1. The van der Waals surface area contributed by atoms with Gasteiger partial charge in [0, 0.05) is 38.8 Å². The van der Waals surface area contributed by atoms with Gasteiger partial charge < -0.3 is 15.5 Å². The number of amides is 1. The molecule has 1 aliphatic heterocycles. The van der Waals surface area contributed by atoms with Crippen LogP contribution in [0.1, 0.15) is 16.1 Å². The highest BCUT2D eigenvalue weighted by atomic mass is 19.1. The number of hydrogen-bond donors (Lipinski definition) is 3. The lowest BCUT2D eigenvalue weighted by molar-refractivity contribution is 0.0944. The molecule has 7 nitrogen and oxygen atoms in total. The number of carbonyl (C=O) groups excluding carboxylic acids is 1. The van der Waals surface area contributed by atoms with Gasteiger partial charge in [-0.15, -0.1) is 0 Å². The highest BCUT2D eigenvalue weighted by molar-refractivity contribution is 5.91. The monoisotopic (exact) mass is 331 g/mol. The van der Waals surface area contributed by atoms with Gasteiger partial charge in [0.25, 0.3) is 11.5 Å². The number of nitrogens with zero attached hydrogens (tertiary/aromatic N) is 2. The summed E-state index contributed by atoms with van der Waals surface area (Å²) in [5.74, 6) is -0.733. The fraction of sp³-hybridized carbons (Fsp3) is 0.312. The van der Waals surface area contributed by atoms with Gasteiger partial charge in [0.05, 0.1) is 5.69 Å². The predicted molar refractivity (Wildman–Crippen MR) is 87.5 cm³/mol. The number of H-pyrrole nitrogens is 1. The maximum atomic E-state index is 14.3. The molecular weight excluding hydrogens is 313 g/mol. The summed E-state index contributed by atoms with van der Waals surface area (Å²) in [4.78, 5) is 24.8. The van der Waals surface area contributed by atoms with Gasteiger partial charge in [-0.1, -0.05) is 6.07 Å². The average molecular weight is 331 g/mol. The second-order valence-corrected chi connectivity index (χ2v) is 5.51. The van der Waals surface area contributed by atoms with Crippen LogP contribution in [0, 0.1) is 5.82 Å². The Bertz CT molecular complexity index is 766. The first kappa shape index (κ1) is 16.1. The lowest BCUT2D eigenvalue weighted by atomic mass is 10.1. The smallest absolute Gasteiger partial charge is 0.271 e. The summed E-state index contributed by atoms with van der Waals surface area (Å²) in [6, 6.07) is 7.52. The van der Waals surface area contributed by atoms with E-state index in [0.29, 0.717) is 11.3 Å². The molecule has 0 spiro atoms. The maximum absolute atomic E-state index is 14.3. The molecule has 2 aromatic rings. The zero-order valence-electron chi connectivity index (χ0n) is 13.0. The summed E-state index contributed by atoms with van der Waals surface area (Å²) in [6.07, 6.45) is 0. The normalized spacial score (nSPS) is 14.5. The SMILES string of the molecule is O=C(NCc1ccc(N2CCNCC2)c(F)c1)c1ccc(=O)[nH]n1. The van der Waals surface area contributed by atoms with Gasteiger partial charge in [-0.3, -0.25) is 9.59 Å². The van der Waals surface area contributed by atoms with E-state index in [-0.39, 0.29) is 23.6 Å². The van der Waals surface area contributed by atoms with Crippen LogP contribution in [0.4, 0.5) is 10.1 Å². The van der Waals surface area contributed by atoms with Crippen molar-refractivity contribution >= 4 is 11.6 Å². The van der Waals surface area contributed by atoms with Crippen molar-refractivity contribution in [1.29, 1.82) is 0 Å². The second-order valence-electron chi connectivity index (χ2n) is 5.51. The number of aromatic nitrogens is 2. The fourth-order valence-corrected chi connectivity index (χ4v) is 2.57. The second kappa shape index (κ2) is 7.22. The van der Waals surface area contributed by atoms with Crippen LogP contribution in [-0.4, -0.2) is 42.3 Å². The van der Waals surface area contributed by atoms with E-state index in [1.807, 2.05) is 4.90 Å². The molecule has 0 unspecified atom stereocenters. The molecule has 1 fully saturated rings. The highest BCUT2D eigenvalue weighted by Crippen LogP contribution is 2.21. The van der Waals surface area contributed by atoms with E-state index >= 15 is 0 Å². The summed E-state index contributed by atoms with van der Waals surface area (Å²) >= 11 is 0. The summed E-state index contributed by atoms with van der Waals surface area (Å²) < 4.78 is 14.3. The molecule has 8 heteroatoms. The highest BCUT2D eigenvalue weighted by Gasteiger charge is 2.15. The van der Waals surface area contributed by atoms with Gasteiger partial charge in [0.1, 0.15) is 11.5 Å². The van der Waals surface area contributed by atoms with Crippen LogP contribution in [0.25, 0.3) is 0 Å². The Morgan fingerprint density at radius 1 is 1.25 bits per heavy atom. The first-order chi connectivity index (χ1) is 11.6. The molecule has 3 rings (SSSR count). The molecule has 126 valence electrons. The molecule has 0 saturated carbocycles. The summed E-state index contributed by atoms with van der Waals surface area (Å²) in [7, 11) is 0. The van der Waals surface area contributed by atoms with E-state index in [1.165, 1.54) is 18.2 Å². The van der Waals surface area contributed by atoms with Gasteiger partial charge >= 0.3 is 0 Å². The minimum Gasteiger partial charge on any atom is -0.367 e. The lowest BCUT2D eigenvalue weighted by Crippen LogP contribution is -2.43. The first-order valence-electron chi connectivity index (χ1n) is 7.71. The largest absolute Gasteiger partial charge is 0.367 e.